The topological polar surface area (TPSA) is 229 Å². The predicted molar refractivity (Wildman–Crippen MR) is 137 cm³/mol. The van der Waals surface area contributed by atoms with Gasteiger partial charge < -0.3 is 64.2 Å². The summed E-state index contributed by atoms with van der Waals surface area (Å²) < 4.78 is 28.2. The summed E-state index contributed by atoms with van der Waals surface area (Å²) in [4.78, 5) is 13.7. The lowest BCUT2D eigenvalue weighted by atomic mass is 10.00. The Labute approximate surface area is 231 Å². The van der Waals surface area contributed by atoms with Gasteiger partial charge in [0.1, 0.15) is 64.8 Å². The van der Waals surface area contributed by atoms with E-state index in [0.29, 0.717) is 0 Å². The van der Waals surface area contributed by atoms with Crippen molar-refractivity contribution in [1.82, 2.24) is 0 Å². The van der Waals surface area contributed by atoms with E-state index in [1.165, 1.54) is 44.2 Å². The van der Waals surface area contributed by atoms with Gasteiger partial charge in [-0.25, -0.2) is 0 Å². The van der Waals surface area contributed by atoms with E-state index in [4.69, 9.17) is 23.4 Å². The second-order valence-corrected chi connectivity index (χ2v) is 10.1. The highest BCUT2D eigenvalue weighted by atomic mass is 16.7. The molecule has 2 aliphatic heterocycles. The van der Waals surface area contributed by atoms with Crippen LogP contribution < -0.4 is 14.9 Å². The number of phenolic OH excluding ortho intramolecular Hbond substituents is 2. The fourth-order valence-corrected chi connectivity index (χ4v) is 4.71. The molecule has 2 saturated heterocycles. The van der Waals surface area contributed by atoms with Crippen molar-refractivity contribution >= 4 is 11.0 Å². The van der Waals surface area contributed by atoms with Gasteiger partial charge in [0, 0.05) is 17.7 Å². The molecule has 2 aliphatic rings. The molecule has 0 saturated carbocycles. The largest absolute Gasteiger partial charge is 0.508 e. The molecule has 14 nitrogen and oxygen atoms in total. The number of phenols is 2. The molecule has 3 heterocycles. The van der Waals surface area contributed by atoms with Gasteiger partial charge in [-0.05, 0) is 38.1 Å². The third kappa shape index (κ3) is 5.31. The summed E-state index contributed by atoms with van der Waals surface area (Å²) in [6.45, 7) is 2.90. The second kappa shape index (κ2) is 11.1. The fourth-order valence-electron chi connectivity index (χ4n) is 4.71. The third-order valence-corrected chi connectivity index (χ3v) is 7.14. The molecule has 0 bridgehead atoms. The Morgan fingerprint density at radius 1 is 0.707 bits per heavy atom. The van der Waals surface area contributed by atoms with Crippen LogP contribution in [0.3, 0.4) is 0 Å². The van der Waals surface area contributed by atoms with Gasteiger partial charge in [-0.3, -0.25) is 4.79 Å². The molecule has 2 aromatic carbocycles. The molecule has 0 amide bonds. The quantitative estimate of drug-likeness (QED) is 0.187. The van der Waals surface area contributed by atoms with E-state index in [1.807, 2.05) is 0 Å². The predicted octanol–water partition coefficient (Wildman–Crippen LogP) is -0.716. The lowest BCUT2D eigenvalue weighted by molar-refractivity contribution is -0.268. The minimum absolute atomic E-state index is 0.0859. The standard InChI is InChI=1S/C27H30O14/c1-9-17(30)20(33)22(35)26(37-9)39-13-7-14(29)16-15(8-13)40-24(11-3-5-12(28)6-4-11)25(19(16)32)41-27-23(36)21(34)18(31)10(2)38-27/h3-10,17-18,20-23,26-31,33-36H,1-2H3/t9-,10-,17-,18-,20+,21+,22+,23+,26+,27+/m0/s1. The van der Waals surface area contributed by atoms with Crippen LogP contribution in [0, 0.1) is 0 Å². The van der Waals surface area contributed by atoms with Crippen LogP contribution in [0.5, 0.6) is 23.0 Å². The SMILES string of the molecule is C[C@@H]1O[C@H](Oc2cc(O)c3c(=O)c(O[C@H]4O[C@@H](C)[C@H](O)[C@@H](O)[C@H]4O)c(-c4ccc(O)cc4)oc3c2)[C@H](O)[C@H](O)[C@H]1O. The summed E-state index contributed by atoms with van der Waals surface area (Å²) in [6.07, 6.45) is -14.3. The summed E-state index contributed by atoms with van der Waals surface area (Å²) in [7, 11) is 0. The first kappa shape index (κ1) is 29.0. The summed E-state index contributed by atoms with van der Waals surface area (Å²) in [5.74, 6) is -1.55. The van der Waals surface area contributed by atoms with Crippen LogP contribution >= 0.6 is 0 Å². The minimum Gasteiger partial charge on any atom is -0.508 e. The second-order valence-electron chi connectivity index (χ2n) is 10.1. The van der Waals surface area contributed by atoms with E-state index in [-0.39, 0.29) is 33.8 Å². The van der Waals surface area contributed by atoms with Crippen LogP contribution in [0.25, 0.3) is 22.3 Å². The molecule has 8 N–H and O–H groups in total. The highest BCUT2D eigenvalue weighted by molar-refractivity contribution is 5.88. The van der Waals surface area contributed by atoms with Crippen molar-refractivity contribution in [3.63, 3.8) is 0 Å². The van der Waals surface area contributed by atoms with Gasteiger partial charge in [0.2, 0.25) is 23.8 Å². The van der Waals surface area contributed by atoms with Crippen LogP contribution in [0.15, 0.2) is 45.6 Å². The molecule has 0 spiro atoms. The van der Waals surface area contributed by atoms with Gasteiger partial charge in [-0.2, -0.15) is 0 Å². The molecule has 0 aliphatic carbocycles. The Bertz CT molecular complexity index is 1460. The molecule has 0 unspecified atom stereocenters. The average Bonchev–Trinajstić information content (AvgIpc) is 2.93. The fraction of sp³-hybridized carbons (Fsp3) is 0.444. The Hall–Kier alpha value is -3.47. The van der Waals surface area contributed by atoms with Gasteiger partial charge in [0.15, 0.2) is 5.76 Å². The lowest BCUT2D eigenvalue weighted by Crippen LogP contribution is -2.58. The summed E-state index contributed by atoms with van der Waals surface area (Å²) >= 11 is 0. The molecule has 222 valence electrons. The highest BCUT2D eigenvalue weighted by Gasteiger charge is 2.45. The number of aliphatic hydroxyl groups is 6. The van der Waals surface area contributed by atoms with Crippen LogP contribution in [-0.2, 0) is 9.47 Å². The molecule has 1 aromatic heterocycles. The van der Waals surface area contributed by atoms with Crippen molar-refractivity contribution in [1.29, 1.82) is 0 Å². The zero-order valence-electron chi connectivity index (χ0n) is 21.8. The molecule has 5 rings (SSSR count). The van der Waals surface area contributed by atoms with E-state index in [0.717, 1.165) is 6.07 Å². The molecule has 41 heavy (non-hydrogen) atoms. The van der Waals surface area contributed by atoms with E-state index >= 15 is 0 Å². The molecular formula is C27H30O14. The molecule has 3 aromatic rings. The highest BCUT2D eigenvalue weighted by Crippen LogP contribution is 2.38. The maximum Gasteiger partial charge on any atom is 0.239 e. The molecule has 14 heteroatoms. The number of aliphatic hydroxyl groups excluding tert-OH is 6. The number of fused-ring (bicyclic) bond motifs is 1. The number of rotatable bonds is 5. The smallest absolute Gasteiger partial charge is 0.239 e. The molecule has 10 atom stereocenters. The van der Waals surface area contributed by atoms with Crippen molar-refractivity contribution in [2.45, 2.75) is 75.3 Å². The zero-order valence-corrected chi connectivity index (χ0v) is 21.8. The van der Waals surface area contributed by atoms with E-state index in [1.54, 1.807) is 0 Å². The van der Waals surface area contributed by atoms with Crippen molar-refractivity contribution in [2.24, 2.45) is 0 Å². The van der Waals surface area contributed by atoms with Crippen LogP contribution in [0.2, 0.25) is 0 Å². The van der Waals surface area contributed by atoms with Crippen molar-refractivity contribution in [2.75, 3.05) is 0 Å². The number of ether oxygens (including phenoxy) is 4. The molecule has 0 radical (unpaired) electrons. The van der Waals surface area contributed by atoms with Gasteiger partial charge in [-0.15, -0.1) is 0 Å². The molecule has 2 fully saturated rings. The number of hydrogen-bond donors (Lipinski definition) is 8. The van der Waals surface area contributed by atoms with Crippen LogP contribution in [-0.4, -0.2) is 102 Å². The number of aromatic hydroxyl groups is 2. The monoisotopic (exact) mass is 578 g/mol. The van der Waals surface area contributed by atoms with Gasteiger partial charge in [0.25, 0.3) is 0 Å². The average molecular weight is 579 g/mol. The van der Waals surface area contributed by atoms with Crippen molar-refractivity contribution in [3.05, 3.63) is 46.6 Å². The zero-order chi connectivity index (χ0) is 29.7. The first-order valence-corrected chi connectivity index (χ1v) is 12.7. The normalized spacial score (nSPS) is 34.0. The molecular weight excluding hydrogens is 548 g/mol. The van der Waals surface area contributed by atoms with Gasteiger partial charge in [0.05, 0.1) is 12.2 Å². The van der Waals surface area contributed by atoms with Gasteiger partial charge >= 0.3 is 0 Å². The number of hydrogen-bond acceptors (Lipinski definition) is 14. The van der Waals surface area contributed by atoms with Crippen molar-refractivity contribution in [3.8, 4) is 34.3 Å². The Kier molecular flexibility index (Phi) is 7.84. The maximum absolute atomic E-state index is 13.7. The van der Waals surface area contributed by atoms with Gasteiger partial charge in [-0.1, -0.05) is 0 Å². The van der Waals surface area contributed by atoms with Crippen LogP contribution in [0.1, 0.15) is 13.8 Å². The Morgan fingerprint density at radius 2 is 1.24 bits per heavy atom. The van der Waals surface area contributed by atoms with E-state index < -0.39 is 78.3 Å². The Morgan fingerprint density at radius 3 is 1.80 bits per heavy atom. The van der Waals surface area contributed by atoms with Crippen molar-refractivity contribution < 1.29 is 64.2 Å². The van der Waals surface area contributed by atoms with E-state index in [9.17, 15) is 45.6 Å². The lowest BCUT2D eigenvalue weighted by Gasteiger charge is -2.39. The van der Waals surface area contributed by atoms with E-state index in [2.05, 4.69) is 0 Å². The summed E-state index contributed by atoms with van der Waals surface area (Å²) in [6, 6.07) is 7.71. The number of benzene rings is 2. The first-order valence-electron chi connectivity index (χ1n) is 12.7. The minimum atomic E-state index is -1.76. The van der Waals surface area contributed by atoms with Crippen LogP contribution in [0.4, 0.5) is 0 Å². The third-order valence-electron chi connectivity index (χ3n) is 7.14. The maximum atomic E-state index is 13.7. The summed E-state index contributed by atoms with van der Waals surface area (Å²) in [5, 5.41) is 81.1. The Balaban J connectivity index is 1.58. The first-order chi connectivity index (χ1) is 19.4. The summed E-state index contributed by atoms with van der Waals surface area (Å²) in [5.41, 5.74) is -0.865.